The van der Waals surface area contributed by atoms with Crippen LogP contribution in [0.25, 0.3) is 0 Å². The molecular weight excluding hydrogens is 226 g/mol. The molecule has 0 spiro atoms. The number of carbonyl (C=O) groups excluding carboxylic acids is 1. The number of hydrogen-bond acceptors (Lipinski definition) is 5. The van der Waals surface area contributed by atoms with Gasteiger partial charge in [0.1, 0.15) is 6.10 Å². The zero-order valence-electron chi connectivity index (χ0n) is 9.67. The molecule has 0 aromatic heterocycles. The smallest absolute Gasteiger partial charge is 0.317 e. The topological polar surface area (TPSA) is 97.0 Å². The van der Waals surface area contributed by atoms with E-state index in [1.807, 2.05) is 0 Å². The fourth-order valence-corrected chi connectivity index (χ4v) is 1.95. The van der Waals surface area contributed by atoms with E-state index in [4.69, 9.17) is 15.2 Å². The number of nitrogens with one attached hydrogen (secondary N) is 1. The van der Waals surface area contributed by atoms with Crippen LogP contribution in [0.2, 0.25) is 0 Å². The van der Waals surface area contributed by atoms with E-state index in [-0.39, 0.29) is 18.6 Å². The van der Waals surface area contributed by atoms with Crippen LogP contribution < -0.4 is 11.1 Å². The molecule has 0 aliphatic carbocycles. The molecule has 4 N–H and O–H groups in total. The molecule has 0 saturated carbocycles. The summed E-state index contributed by atoms with van der Waals surface area (Å²) in [6, 6.07) is -0.509. The van der Waals surface area contributed by atoms with Crippen LogP contribution in [-0.4, -0.2) is 73.7 Å². The number of hydrogen-bond donors (Lipinski definition) is 3. The Labute approximate surface area is 99.8 Å². The van der Waals surface area contributed by atoms with E-state index < -0.39 is 12.2 Å². The van der Waals surface area contributed by atoms with Crippen LogP contribution in [0, 0.1) is 0 Å². The Morgan fingerprint density at radius 2 is 2.18 bits per heavy atom. The largest absolute Gasteiger partial charge is 0.389 e. The van der Waals surface area contributed by atoms with Gasteiger partial charge in [-0.2, -0.15) is 0 Å². The molecule has 0 bridgehead atoms. The molecule has 17 heavy (non-hydrogen) atoms. The number of nitrogens with two attached hydrogens (primary N) is 1. The van der Waals surface area contributed by atoms with Crippen LogP contribution >= 0.6 is 0 Å². The van der Waals surface area contributed by atoms with E-state index in [1.54, 1.807) is 4.90 Å². The van der Waals surface area contributed by atoms with E-state index in [1.165, 1.54) is 0 Å². The van der Waals surface area contributed by atoms with Gasteiger partial charge >= 0.3 is 6.03 Å². The van der Waals surface area contributed by atoms with Gasteiger partial charge in [0.25, 0.3) is 0 Å². The molecule has 2 heterocycles. The van der Waals surface area contributed by atoms with Gasteiger partial charge in [0, 0.05) is 19.6 Å². The predicted molar refractivity (Wildman–Crippen MR) is 59.5 cm³/mol. The Kier molecular flexibility index (Phi) is 4.16. The van der Waals surface area contributed by atoms with Crippen molar-refractivity contribution in [2.75, 3.05) is 39.5 Å². The first-order valence-corrected chi connectivity index (χ1v) is 5.84. The highest BCUT2D eigenvalue weighted by Gasteiger charge is 2.33. The molecule has 0 unspecified atom stereocenters. The van der Waals surface area contributed by atoms with E-state index in [9.17, 15) is 9.90 Å². The van der Waals surface area contributed by atoms with E-state index in [2.05, 4.69) is 5.32 Å². The lowest BCUT2D eigenvalue weighted by molar-refractivity contribution is 0.0366. The van der Waals surface area contributed by atoms with Gasteiger partial charge in [0.05, 0.1) is 32.0 Å². The van der Waals surface area contributed by atoms with Crippen molar-refractivity contribution in [2.45, 2.75) is 18.2 Å². The lowest BCUT2D eigenvalue weighted by Crippen LogP contribution is -2.49. The molecule has 2 fully saturated rings. The Morgan fingerprint density at radius 1 is 1.47 bits per heavy atom. The van der Waals surface area contributed by atoms with Crippen molar-refractivity contribution in [1.82, 2.24) is 10.2 Å². The summed E-state index contributed by atoms with van der Waals surface area (Å²) in [6.45, 7) is 2.95. The van der Waals surface area contributed by atoms with Crippen molar-refractivity contribution >= 4 is 6.03 Å². The number of aliphatic hydroxyl groups is 1. The minimum Gasteiger partial charge on any atom is -0.389 e. The lowest BCUT2D eigenvalue weighted by atomic mass is 10.1. The van der Waals surface area contributed by atoms with Gasteiger partial charge in [-0.15, -0.1) is 0 Å². The molecule has 2 aliphatic rings. The summed E-state index contributed by atoms with van der Waals surface area (Å²) in [4.78, 5) is 13.4. The SMILES string of the molecule is N[C@@H]1CO[C@H](CNC(=O)N2CCOCC2)[C@H]1O. The van der Waals surface area contributed by atoms with Crippen molar-refractivity contribution < 1.29 is 19.4 Å². The third-order valence-corrected chi connectivity index (χ3v) is 3.08. The molecule has 7 nitrogen and oxygen atoms in total. The minimum absolute atomic E-state index is 0.149. The molecule has 2 aliphatic heterocycles. The van der Waals surface area contributed by atoms with Gasteiger partial charge < -0.3 is 30.5 Å². The molecule has 2 amide bonds. The second-order valence-electron chi connectivity index (χ2n) is 4.31. The van der Waals surface area contributed by atoms with Gasteiger partial charge in [-0.25, -0.2) is 4.79 Å². The van der Waals surface area contributed by atoms with Crippen LogP contribution in [0.15, 0.2) is 0 Å². The average molecular weight is 245 g/mol. The van der Waals surface area contributed by atoms with E-state index >= 15 is 0 Å². The number of amides is 2. The molecular formula is C10H19N3O4. The highest BCUT2D eigenvalue weighted by Crippen LogP contribution is 2.11. The second-order valence-corrected chi connectivity index (χ2v) is 4.31. The lowest BCUT2D eigenvalue weighted by Gasteiger charge is -2.27. The standard InChI is InChI=1S/C10H19N3O4/c11-7-6-17-8(9(7)14)5-12-10(15)13-1-3-16-4-2-13/h7-9,14H,1-6,11H2,(H,12,15)/t7-,8-,9+/m1/s1. The summed E-state index contributed by atoms with van der Waals surface area (Å²) in [5.74, 6) is 0. The molecule has 7 heteroatoms. The molecule has 2 saturated heterocycles. The normalized spacial score (nSPS) is 33.8. The molecule has 0 aromatic rings. The fraction of sp³-hybridized carbons (Fsp3) is 0.900. The summed E-state index contributed by atoms with van der Waals surface area (Å²) < 4.78 is 10.4. The molecule has 0 radical (unpaired) electrons. The molecule has 3 atom stereocenters. The first-order valence-electron chi connectivity index (χ1n) is 5.84. The quantitative estimate of drug-likeness (QED) is 0.529. The first-order chi connectivity index (χ1) is 8.18. The Balaban J connectivity index is 1.72. The number of morpholine rings is 1. The summed E-state index contributed by atoms with van der Waals surface area (Å²) in [5.41, 5.74) is 5.60. The van der Waals surface area contributed by atoms with Crippen molar-refractivity contribution in [3.63, 3.8) is 0 Å². The molecule has 0 aromatic carbocycles. The second kappa shape index (κ2) is 5.63. The summed E-state index contributed by atoms with van der Waals surface area (Å²) in [6.07, 6.45) is -1.12. The van der Waals surface area contributed by atoms with Gasteiger partial charge in [-0.1, -0.05) is 0 Å². The highest BCUT2D eigenvalue weighted by molar-refractivity contribution is 5.74. The molecule has 2 rings (SSSR count). The van der Waals surface area contributed by atoms with Crippen LogP contribution in [0.3, 0.4) is 0 Å². The van der Waals surface area contributed by atoms with Gasteiger partial charge in [0.15, 0.2) is 0 Å². The Hall–Kier alpha value is -0.890. The highest BCUT2D eigenvalue weighted by atomic mass is 16.5. The summed E-state index contributed by atoms with van der Waals surface area (Å²) in [5, 5.41) is 12.4. The van der Waals surface area contributed by atoms with Crippen LogP contribution in [0.5, 0.6) is 0 Å². The van der Waals surface area contributed by atoms with Gasteiger partial charge in [-0.05, 0) is 0 Å². The average Bonchev–Trinajstić information content (AvgIpc) is 2.68. The predicted octanol–water partition coefficient (Wildman–Crippen LogP) is -1.88. The van der Waals surface area contributed by atoms with Crippen molar-refractivity contribution in [2.24, 2.45) is 5.73 Å². The minimum atomic E-state index is -0.708. The number of aliphatic hydroxyl groups excluding tert-OH is 1. The summed E-state index contributed by atoms with van der Waals surface area (Å²) in [7, 11) is 0. The number of ether oxygens (including phenoxy) is 2. The number of urea groups is 1. The van der Waals surface area contributed by atoms with Gasteiger partial charge in [-0.3, -0.25) is 0 Å². The number of nitrogens with zero attached hydrogens (tertiary/aromatic N) is 1. The maximum Gasteiger partial charge on any atom is 0.317 e. The third-order valence-electron chi connectivity index (χ3n) is 3.08. The maximum atomic E-state index is 11.7. The zero-order chi connectivity index (χ0) is 12.3. The molecule has 98 valence electrons. The van der Waals surface area contributed by atoms with Crippen LogP contribution in [-0.2, 0) is 9.47 Å². The fourth-order valence-electron chi connectivity index (χ4n) is 1.95. The third kappa shape index (κ3) is 3.06. The van der Waals surface area contributed by atoms with E-state index in [0.29, 0.717) is 32.9 Å². The maximum absolute atomic E-state index is 11.7. The summed E-state index contributed by atoms with van der Waals surface area (Å²) >= 11 is 0. The Morgan fingerprint density at radius 3 is 2.76 bits per heavy atom. The van der Waals surface area contributed by atoms with Crippen molar-refractivity contribution in [1.29, 1.82) is 0 Å². The van der Waals surface area contributed by atoms with E-state index in [0.717, 1.165) is 0 Å². The van der Waals surface area contributed by atoms with Crippen LogP contribution in [0.4, 0.5) is 4.79 Å². The van der Waals surface area contributed by atoms with Crippen molar-refractivity contribution in [3.05, 3.63) is 0 Å². The Bertz CT molecular complexity index is 270. The number of rotatable bonds is 2. The monoisotopic (exact) mass is 245 g/mol. The number of carbonyl (C=O) groups is 1. The van der Waals surface area contributed by atoms with Crippen molar-refractivity contribution in [3.8, 4) is 0 Å². The zero-order valence-corrected chi connectivity index (χ0v) is 9.67. The van der Waals surface area contributed by atoms with Crippen LogP contribution in [0.1, 0.15) is 0 Å². The van der Waals surface area contributed by atoms with Gasteiger partial charge in [0.2, 0.25) is 0 Å². The first kappa shape index (κ1) is 12.6.